The summed E-state index contributed by atoms with van der Waals surface area (Å²) in [6.45, 7) is 0. The van der Waals surface area contributed by atoms with Crippen LogP contribution >= 0.6 is 0 Å². The van der Waals surface area contributed by atoms with Gasteiger partial charge in [-0.05, 0) is 6.07 Å². The summed E-state index contributed by atoms with van der Waals surface area (Å²) in [5.41, 5.74) is 5.40. The number of nitrogens with two attached hydrogens (primary N) is 1. The zero-order valence-electron chi connectivity index (χ0n) is 7.43. The highest BCUT2D eigenvalue weighted by Crippen LogP contribution is 2.16. The average Bonchev–Trinajstić information content (AvgIpc) is 2.19. The number of rotatable bonds is 1. The predicted molar refractivity (Wildman–Crippen MR) is 53.4 cm³/mol. The number of nitro groups is 1. The number of aromatic nitrogens is 2. The maximum atomic E-state index is 11.1. The molecule has 0 bridgehead atoms. The molecule has 0 radical (unpaired) electrons. The van der Waals surface area contributed by atoms with Gasteiger partial charge in [-0.2, -0.15) is 0 Å². The minimum atomic E-state index is -0.539. The third kappa shape index (κ3) is 1.50. The van der Waals surface area contributed by atoms with Crippen LogP contribution in [0.15, 0.2) is 23.0 Å². The van der Waals surface area contributed by atoms with Crippen LogP contribution in [0, 0.1) is 10.1 Å². The molecule has 7 nitrogen and oxygen atoms in total. The van der Waals surface area contributed by atoms with Crippen LogP contribution in [0.25, 0.3) is 11.0 Å². The van der Waals surface area contributed by atoms with Crippen LogP contribution in [-0.4, -0.2) is 14.9 Å². The van der Waals surface area contributed by atoms with Crippen molar-refractivity contribution in [3.05, 3.63) is 38.7 Å². The molecular formula is C8H6N4O3. The number of benzene rings is 1. The maximum Gasteiger partial charge on any atom is 0.290 e. The van der Waals surface area contributed by atoms with Crippen molar-refractivity contribution in [3.8, 4) is 0 Å². The van der Waals surface area contributed by atoms with Crippen molar-refractivity contribution in [2.75, 3.05) is 5.73 Å². The van der Waals surface area contributed by atoms with Gasteiger partial charge in [0.1, 0.15) is 0 Å². The summed E-state index contributed by atoms with van der Waals surface area (Å²) in [5.74, 6) is -0.206. The molecule has 1 aromatic carbocycles. The van der Waals surface area contributed by atoms with Gasteiger partial charge in [0.2, 0.25) is 0 Å². The fourth-order valence-corrected chi connectivity index (χ4v) is 1.20. The van der Waals surface area contributed by atoms with E-state index in [0.29, 0.717) is 11.0 Å². The number of nitrogens with zero attached hydrogens (tertiary/aromatic N) is 2. The van der Waals surface area contributed by atoms with Crippen LogP contribution in [0.5, 0.6) is 0 Å². The Labute approximate surface area is 82.7 Å². The van der Waals surface area contributed by atoms with Crippen LogP contribution in [0.4, 0.5) is 11.5 Å². The van der Waals surface area contributed by atoms with Crippen molar-refractivity contribution >= 4 is 22.5 Å². The lowest BCUT2D eigenvalue weighted by Crippen LogP contribution is -2.13. The van der Waals surface area contributed by atoms with Gasteiger partial charge >= 0.3 is 0 Å². The van der Waals surface area contributed by atoms with Gasteiger partial charge in [-0.3, -0.25) is 14.9 Å². The summed E-state index contributed by atoms with van der Waals surface area (Å²) >= 11 is 0. The number of anilines is 1. The Bertz CT molecular complexity index is 604. The van der Waals surface area contributed by atoms with E-state index in [1.165, 1.54) is 18.2 Å². The van der Waals surface area contributed by atoms with Crippen LogP contribution < -0.4 is 11.3 Å². The molecule has 0 aliphatic rings. The summed E-state index contributed by atoms with van der Waals surface area (Å²) < 4.78 is 0. The van der Waals surface area contributed by atoms with E-state index in [4.69, 9.17) is 5.73 Å². The van der Waals surface area contributed by atoms with Crippen LogP contribution in [0.2, 0.25) is 0 Å². The topological polar surface area (TPSA) is 115 Å². The molecule has 7 heteroatoms. The summed E-state index contributed by atoms with van der Waals surface area (Å²) in [7, 11) is 0. The quantitative estimate of drug-likeness (QED) is 0.518. The number of aromatic amines is 1. The van der Waals surface area contributed by atoms with Gasteiger partial charge in [0, 0.05) is 12.1 Å². The van der Waals surface area contributed by atoms with E-state index in [-0.39, 0.29) is 11.5 Å². The molecule has 0 unspecified atom stereocenters. The predicted octanol–water partition coefficient (Wildman–Crippen LogP) is 0.413. The van der Waals surface area contributed by atoms with E-state index in [9.17, 15) is 14.9 Å². The first kappa shape index (κ1) is 9.13. The molecule has 76 valence electrons. The van der Waals surface area contributed by atoms with Gasteiger partial charge in [-0.15, -0.1) is 0 Å². The molecule has 3 N–H and O–H groups in total. The summed E-state index contributed by atoms with van der Waals surface area (Å²) in [4.78, 5) is 27.2. The van der Waals surface area contributed by atoms with Crippen LogP contribution in [0.3, 0.4) is 0 Å². The van der Waals surface area contributed by atoms with Crippen molar-refractivity contribution in [2.45, 2.75) is 0 Å². The highest BCUT2D eigenvalue weighted by molar-refractivity contribution is 5.77. The lowest BCUT2D eigenvalue weighted by Gasteiger charge is -1.97. The maximum absolute atomic E-state index is 11.1. The van der Waals surface area contributed by atoms with Crippen molar-refractivity contribution in [1.82, 2.24) is 9.97 Å². The Kier molecular flexibility index (Phi) is 1.86. The minimum absolute atomic E-state index is 0.0959. The van der Waals surface area contributed by atoms with E-state index in [2.05, 4.69) is 9.97 Å². The molecule has 0 saturated carbocycles. The number of fused-ring (bicyclic) bond motifs is 1. The van der Waals surface area contributed by atoms with Crippen molar-refractivity contribution in [2.24, 2.45) is 0 Å². The zero-order valence-corrected chi connectivity index (χ0v) is 7.43. The zero-order chi connectivity index (χ0) is 11.0. The van der Waals surface area contributed by atoms with Crippen LogP contribution in [0.1, 0.15) is 0 Å². The SMILES string of the molecule is Nc1nc2cc([N+](=O)[O-])ccc2[nH]c1=O. The molecular weight excluding hydrogens is 200 g/mol. The molecule has 0 amide bonds. The number of hydrogen-bond acceptors (Lipinski definition) is 5. The Balaban J connectivity index is 2.77. The molecule has 1 aromatic heterocycles. The largest absolute Gasteiger partial charge is 0.379 e. The molecule has 2 aromatic rings. The second-order valence-electron chi connectivity index (χ2n) is 2.91. The average molecular weight is 206 g/mol. The first-order valence-corrected chi connectivity index (χ1v) is 4.02. The van der Waals surface area contributed by atoms with Crippen LogP contribution in [-0.2, 0) is 0 Å². The molecule has 0 aliphatic carbocycles. The lowest BCUT2D eigenvalue weighted by atomic mass is 10.2. The fraction of sp³-hybridized carbons (Fsp3) is 0. The van der Waals surface area contributed by atoms with E-state index in [1.807, 2.05) is 0 Å². The Hall–Kier alpha value is -2.44. The van der Waals surface area contributed by atoms with Gasteiger partial charge in [0.05, 0.1) is 16.0 Å². The lowest BCUT2D eigenvalue weighted by molar-refractivity contribution is -0.384. The van der Waals surface area contributed by atoms with Gasteiger partial charge in [-0.1, -0.05) is 0 Å². The molecule has 0 aliphatic heterocycles. The van der Waals surface area contributed by atoms with E-state index in [0.717, 1.165) is 0 Å². The number of hydrogen-bond donors (Lipinski definition) is 2. The molecule has 1 heterocycles. The summed E-state index contributed by atoms with van der Waals surface area (Å²) in [6.07, 6.45) is 0. The normalized spacial score (nSPS) is 10.4. The van der Waals surface area contributed by atoms with Gasteiger partial charge < -0.3 is 10.7 Å². The molecule has 0 saturated heterocycles. The highest BCUT2D eigenvalue weighted by Gasteiger charge is 2.08. The Morgan fingerprint density at radius 1 is 1.47 bits per heavy atom. The first-order valence-electron chi connectivity index (χ1n) is 4.02. The van der Waals surface area contributed by atoms with Gasteiger partial charge in [-0.25, -0.2) is 4.98 Å². The van der Waals surface area contributed by atoms with Gasteiger partial charge in [0.25, 0.3) is 11.2 Å². The first-order chi connectivity index (χ1) is 7.08. The number of nitro benzene ring substituents is 1. The van der Waals surface area contributed by atoms with Gasteiger partial charge in [0.15, 0.2) is 5.82 Å². The monoisotopic (exact) mass is 206 g/mol. The van der Waals surface area contributed by atoms with Crippen molar-refractivity contribution in [3.63, 3.8) is 0 Å². The Morgan fingerprint density at radius 2 is 2.20 bits per heavy atom. The van der Waals surface area contributed by atoms with E-state index >= 15 is 0 Å². The Morgan fingerprint density at radius 3 is 2.87 bits per heavy atom. The molecule has 15 heavy (non-hydrogen) atoms. The molecule has 0 fully saturated rings. The van der Waals surface area contributed by atoms with Crippen molar-refractivity contribution in [1.29, 1.82) is 0 Å². The fourth-order valence-electron chi connectivity index (χ4n) is 1.20. The van der Waals surface area contributed by atoms with E-state index in [1.54, 1.807) is 0 Å². The molecule has 0 atom stereocenters. The number of H-pyrrole nitrogens is 1. The van der Waals surface area contributed by atoms with Crippen molar-refractivity contribution < 1.29 is 4.92 Å². The number of nitrogen functional groups attached to an aromatic ring is 1. The second-order valence-corrected chi connectivity index (χ2v) is 2.91. The third-order valence-corrected chi connectivity index (χ3v) is 1.91. The highest BCUT2D eigenvalue weighted by atomic mass is 16.6. The molecule has 0 spiro atoms. The standard InChI is InChI=1S/C8H6N4O3/c9-7-8(13)11-5-2-1-4(12(14)15)3-6(5)10-7/h1-3H,(H2,9,10)(H,11,13). The molecule has 2 rings (SSSR count). The third-order valence-electron chi connectivity index (χ3n) is 1.91. The second kappa shape index (κ2) is 3.05. The summed E-state index contributed by atoms with van der Waals surface area (Å²) in [6, 6.07) is 3.96. The van der Waals surface area contributed by atoms with E-state index < -0.39 is 10.5 Å². The smallest absolute Gasteiger partial charge is 0.290 e. The number of nitrogens with one attached hydrogen (secondary N) is 1. The summed E-state index contributed by atoms with van der Waals surface area (Å²) in [5, 5.41) is 10.5. The minimum Gasteiger partial charge on any atom is -0.379 e. The number of non-ortho nitro benzene ring substituents is 1.